The Kier molecular flexibility index (Phi) is 3.12. The first kappa shape index (κ1) is 11.0. The van der Waals surface area contributed by atoms with Crippen LogP contribution in [-0.2, 0) is 0 Å². The van der Waals surface area contributed by atoms with Gasteiger partial charge < -0.3 is 14.6 Å². The molecular formula is C11H17N3O2. The van der Waals surface area contributed by atoms with Crippen LogP contribution in [0.2, 0.25) is 0 Å². The fourth-order valence-corrected chi connectivity index (χ4v) is 1.83. The average molecular weight is 223 g/mol. The highest BCUT2D eigenvalue weighted by molar-refractivity contribution is 5.74. The third kappa shape index (κ3) is 2.35. The molecule has 16 heavy (non-hydrogen) atoms. The van der Waals surface area contributed by atoms with Crippen LogP contribution in [0.1, 0.15) is 37.5 Å². The Morgan fingerprint density at radius 1 is 1.56 bits per heavy atom. The summed E-state index contributed by atoms with van der Waals surface area (Å²) in [5.41, 5.74) is 0. The van der Waals surface area contributed by atoms with E-state index in [-0.39, 0.29) is 12.1 Å². The number of nitrogens with one attached hydrogen (secondary N) is 1. The number of amides is 2. The second-order valence-electron chi connectivity index (χ2n) is 4.17. The Morgan fingerprint density at radius 3 is 2.81 bits per heavy atom. The summed E-state index contributed by atoms with van der Waals surface area (Å²) in [4.78, 5) is 17.7. The van der Waals surface area contributed by atoms with Crippen molar-refractivity contribution < 1.29 is 9.21 Å². The molecule has 0 aliphatic carbocycles. The van der Waals surface area contributed by atoms with E-state index in [0.717, 1.165) is 31.7 Å². The normalized spacial score (nSPS) is 17.5. The molecule has 1 unspecified atom stereocenters. The fourth-order valence-electron chi connectivity index (χ4n) is 1.83. The molecule has 0 bridgehead atoms. The van der Waals surface area contributed by atoms with Gasteiger partial charge in [-0.3, -0.25) is 0 Å². The van der Waals surface area contributed by atoms with Crippen molar-refractivity contribution in [3.8, 4) is 0 Å². The number of hydrogen-bond acceptors (Lipinski definition) is 3. The van der Waals surface area contributed by atoms with Gasteiger partial charge in [0.2, 0.25) is 5.89 Å². The van der Waals surface area contributed by atoms with Gasteiger partial charge in [-0.1, -0.05) is 0 Å². The maximum absolute atomic E-state index is 11.8. The molecule has 0 aromatic carbocycles. The zero-order valence-electron chi connectivity index (χ0n) is 9.69. The molecule has 1 fully saturated rings. The highest BCUT2D eigenvalue weighted by atomic mass is 16.4. The van der Waals surface area contributed by atoms with E-state index in [2.05, 4.69) is 10.3 Å². The molecule has 1 aromatic heterocycles. The minimum absolute atomic E-state index is 0.0270. The molecule has 1 saturated heterocycles. The second kappa shape index (κ2) is 4.55. The monoisotopic (exact) mass is 223 g/mol. The number of hydrogen-bond donors (Lipinski definition) is 1. The molecule has 1 aliphatic heterocycles. The zero-order chi connectivity index (χ0) is 11.5. The molecular weight excluding hydrogens is 206 g/mol. The molecule has 2 heterocycles. The molecule has 1 atom stereocenters. The molecule has 88 valence electrons. The maximum Gasteiger partial charge on any atom is 0.318 e. The van der Waals surface area contributed by atoms with Crippen LogP contribution in [0.25, 0.3) is 0 Å². The van der Waals surface area contributed by atoms with Crippen LogP contribution >= 0.6 is 0 Å². The van der Waals surface area contributed by atoms with Crippen molar-refractivity contribution in [2.24, 2.45) is 0 Å². The topological polar surface area (TPSA) is 58.4 Å². The lowest BCUT2D eigenvalue weighted by molar-refractivity contribution is 0.203. The van der Waals surface area contributed by atoms with Crippen molar-refractivity contribution in [3.63, 3.8) is 0 Å². The van der Waals surface area contributed by atoms with Crippen molar-refractivity contribution in [3.05, 3.63) is 17.8 Å². The maximum atomic E-state index is 11.8. The smallest absolute Gasteiger partial charge is 0.318 e. The van der Waals surface area contributed by atoms with E-state index in [0.29, 0.717) is 5.89 Å². The first-order valence-electron chi connectivity index (χ1n) is 5.64. The summed E-state index contributed by atoms with van der Waals surface area (Å²) in [6.07, 6.45) is 3.85. The van der Waals surface area contributed by atoms with Gasteiger partial charge in [-0.15, -0.1) is 0 Å². The summed E-state index contributed by atoms with van der Waals surface area (Å²) < 4.78 is 5.36. The lowest BCUT2D eigenvalue weighted by Crippen LogP contribution is -2.39. The number of oxazole rings is 1. The zero-order valence-corrected chi connectivity index (χ0v) is 9.69. The third-order valence-corrected chi connectivity index (χ3v) is 2.74. The number of aryl methyl sites for hydroxylation is 1. The molecule has 1 aromatic rings. The van der Waals surface area contributed by atoms with Gasteiger partial charge in [-0.25, -0.2) is 9.78 Å². The number of rotatable bonds is 2. The second-order valence-corrected chi connectivity index (χ2v) is 4.17. The quantitative estimate of drug-likeness (QED) is 0.832. The molecule has 5 nitrogen and oxygen atoms in total. The van der Waals surface area contributed by atoms with Crippen molar-refractivity contribution in [2.45, 2.75) is 32.7 Å². The van der Waals surface area contributed by atoms with E-state index in [9.17, 15) is 4.79 Å². The minimum Gasteiger partial charge on any atom is -0.444 e. The van der Waals surface area contributed by atoms with E-state index in [1.165, 1.54) is 0 Å². The predicted molar refractivity (Wildman–Crippen MR) is 59.0 cm³/mol. The van der Waals surface area contributed by atoms with Gasteiger partial charge in [0.25, 0.3) is 0 Å². The summed E-state index contributed by atoms with van der Waals surface area (Å²) in [7, 11) is 0. The van der Waals surface area contributed by atoms with Crippen molar-refractivity contribution in [1.29, 1.82) is 0 Å². The van der Waals surface area contributed by atoms with E-state index >= 15 is 0 Å². The number of carbonyl (C=O) groups is 1. The predicted octanol–water partition coefficient (Wildman–Crippen LogP) is 1.85. The Morgan fingerprint density at radius 2 is 2.25 bits per heavy atom. The van der Waals surface area contributed by atoms with Crippen LogP contribution in [-0.4, -0.2) is 29.0 Å². The number of urea groups is 1. The van der Waals surface area contributed by atoms with E-state index in [1.807, 2.05) is 18.7 Å². The summed E-state index contributed by atoms with van der Waals surface area (Å²) >= 11 is 0. The van der Waals surface area contributed by atoms with E-state index < -0.39 is 0 Å². The van der Waals surface area contributed by atoms with Crippen LogP contribution in [0.5, 0.6) is 0 Å². The highest BCUT2D eigenvalue weighted by Gasteiger charge is 2.21. The Balaban J connectivity index is 1.91. The third-order valence-electron chi connectivity index (χ3n) is 2.74. The van der Waals surface area contributed by atoms with Crippen LogP contribution < -0.4 is 5.32 Å². The Hall–Kier alpha value is -1.52. The van der Waals surface area contributed by atoms with Crippen molar-refractivity contribution >= 4 is 6.03 Å². The van der Waals surface area contributed by atoms with Gasteiger partial charge in [0.15, 0.2) is 0 Å². The molecule has 1 aliphatic rings. The Labute approximate surface area is 94.8 Å². The summed E-state index contributed by atoms with van der Waals surface area (Å²) in [5.74, 6) is 1.32. The van der Waals surface area contributed by atoms with Crippen molar-refractivity contribution in [2.75, 3.05) is 13.1 Å². The molecule has 2 rings (SSSR count). The van der Waals surface area contributed by atoms with Gasteiger partial charge in [0, 0.05) is 13.1 Å². The summed E-state index contributed by atoms with van der Waals surface area (Å²) in [6.45, 7) is 5.41. The lowest BCUT2D eigenvalue weighted by atomic mass is 10.3. The van der Waals surface area contributed by atoms with Gasteiger partial charge in [-0.05, 0) is 26.7 Å². The fraction of sp³-hybridized carbons (Fsp3) is 0.636. The van der Waals surface area contributed by atoms with Crippen molar-refractivity contribution in [1.82, 2.24) is 15.2 Å². The van der Waals surface area contributed by atoms with Crippen LogP contribution in [0.15, 0.2) is 10.6 Å². The first-order chi connectivity index (χ1) is 7.66. The SMILES string of the molecule is Cc1cnc(C(C)NC(=O)N2CCCC2)o1. The average Bonchev–Trinajstić information content (AvgIpc) is 2.87. The summed E-state index contributed by atoms with van der Waals surface area (Å²) in [5, 5.41) is 2.88. The van der Waals surface area contributed by atoms with E-state index in [1.54, 1.807) is 6.20 Å². The van der Waals surface area contributed by atoms with Crippen LogP contribution in [0, 0.1) is 6.92 Å². The number of carbonyl (C=O) groups excluding carboxylic acids is 1. The minimum atomic E-state index is -0.179. The van der Waals surface area contributed by atoms with Gasteiger partial charge in [0.05, 0.1) is 6.20 Å². The van der Waals surface area contributed by atoms with Crippen LogP contribution in [0.3, 0.4) is 0 Å². The molecule has 5 heteroatoms. The van der Waals surface area contributed by atoms with E-state index in [4.69, 9.17) is 4.42 Å². The summed E-state index contributed by atoms with van der Waals surface area (Å²) in [6, 6.07) is -0.206. The molecule has 0 saturated carbocycles. The lowest BCUT2D eigenvalue weighted by Gasteiger charge is -2.18. The number of aromatic nitrogens is 1. The van der Waals surface area contributed by atoms with Gasteiger partial charge in [-0.2, -0.15) is 0 Å². The van der Waals surface area contributed by atoms with Gasteiger partial charge >= 0.3 is 6.03 Å². The molecule has 0 radical (unpaired) electrons. The molecule has 1 N–H and O–H groups in total. The largest absolute Gasteiger partial charge is 0.444 e. The van der Waals surface area contributed by atoms with Gasteiger partial charge in [0.1, 0.15) is 11.8 Å². The number of likely N-dealkylation sites (tertiary alicyclic amines) is 1. The van der Waals surface area contributed by atoms with Crippen LogP contribution in [0.4, 0.5) is 4.79 Å². The molecule has 2 amide bonds. The highest BCUT2D eigenvalue weighted by Crippen LogP contribution is 2.14. The number of nitrogens with zero attached hydrogens (tertiary/aromatic N) is 2. The molecule has 0 spiro atoms. The first-order valence-corrected chi connectivity index (χ1v) is 5.64. The Bertz CT molecular complexity index is 369. The standard InChI is InChI=1S/C11H17N3O2/c1-8-7-12-10(16-8)9(2)13-11(15)14-5-3-4-6-14/h7,9H,3-6H2,1-2H3,(H,13,15).